The van der Waals surface area contributed by atoms with E-state index in [-0.39, 0.29) is 5.91 Å². The standard InChI is InChI=1S/C14H19ClN2O/c1-3-17(4-2)13-8-5-10(9-12(13)15)14(18)16-11-6-7-11/h5,8-9,11H,3-4,6-7H2,1-2H3,(H,16,18). The lowest BCUT2D eigenvalue weighted by molar-refractivity contribution is 0.0951. The summed E-state index contributed by atoms with van der Waals surface area (Å²) in [5, 5.41) is 3.60. The summed E-state index contributed by atoms with van der Waals surface area (Å²) in [6.45, 7) is 5.99. The van der Waals surface area contributed by atoms with Gasteiger partial charge in [-0.3, -0.25) is 4.79 Å². The minimum Gasteiger partial charge on any atom is -0.371 e. The molecule has 1 N–H and O–H groups in total. The van der Waals surface area contributed by atoms with Gasteiger partial charge in [0.05, 0.1) is 10.7 Å². The fourth-order valence-electron chi connectivity index (χ4n) is 1.97. The molecule has 98 valence electrons. The van der Waals surface area contributed by atoms with Gasteiger partial charge in [0.25, 0.3) is 5.91 Å². The summed E-state index contributed by atoms with van der Waals surface area (Å²) in [4.78, 5) is 14.1. The van der Waals surface area contributed by atoms with Gasteiger partial charge in [0.15, 0.2) is 0 Å². The van der Waals surface area contributed by atoms with E-state index in [1.807, 2.05) is 12.1 Å². The molecule has 1 saturated carbocycles. The fraction of sp³-hybridized carbons (Fsp3) is 0.500. The van der Waals surface area contributed by atoms with E-state index in [0.717, 1.165) is 31.6 Å². The Labute approximate surface area is 113 Å². The molecular weight excluding hydrogens is 248 g/mol. The molecule has 0 aromatic heterocycles. The van der Waals surface area contributed by atoms with Crippen molar-refractivity contribution in [2.45, 2.75) is 32.7 Å². The van der Waals surface area contributed by atoms with E-state index in [1.54, 1.807) is 6.07 Å². The van der Waals surface area contributed by atoms with Crippen LogP contribution in [0, 0.1) is 0 Å². The highest BCUT2D eigenvalue weighted by Gasteiger charge is 2.24. The molecule has 2 rings (SSSR count). The maximum atomic E-state index is 11.9. The molecule has 0 aliphatic heterocycles. The number of benzene rings is 1. The molecule has 1 amide bonds. The Morgan fingerprint density at radius 3 is 2.56 bits per heavy atom. The first-order valence-electron chi connectivity index (χ1n) is 6.51. The van der Waals surface area contributed by atoms with Gasteiger partial charge >= 0.3 is 0 Å². The smallest absolute Gasteiger partial charge is 0.251 e. The fourth-order valence-corrected chi connectivity index (χ4v) is 2.27. The van der Waals surface area contributed by atoms with Crippen molar-refractivity contribution in [2.75, 3.05) is 18.0 Å². The Hall–Kier alpha value is -1.22. The average Bonchev–Trinajstić information content (AvgIpc) is 3.16. The van der Waals surface area contributed by atoms with Crippen LogP contribution in [-0.2, 0) is 0 Å². The molecule has 0 heterocycles. The number of hydrogen-bond donors (Lipinski definition) is 1. The quantitative estimate of drug-likeness (QED) is 0.888. The van der Waals surface area contributed by atoms with Crippen LogP contribution in [0.4, 0.5) is 5.69 Å². The number of hydrogen-bond acceptors (Lipinski definition) is 2. The number of halogens is 1. The van der Waals surface area contributed by atoms with Gasteiger partial charge in [0, 0.05) is 24.7 Å². The summed E-state index contributed by atoms with van der Waals surface area (Å²) in [7, 11) is 0. The lowest BCUT2D eigenvalue weighted by atomic mass is 10.1. The number of amides is 1. The van der Waals surface area contributed by atoms with Crippen molar-refractivity contribution in [2.24, 2.45) is 0 Å². The predicted molar refractivity (Wildman–Crippen MR) is 75.5 cm³/mol. The number of anilines is 1. The largest absolute Gasteiger partial charge is 0.371 e. The third kappa shape index (κ3) is 2.96. The summed E-state index contributed by atoms with van der Waals surface area (Å²) in [6.07, 6.45) is 2.19. The number of rotatable bonds is 5. The van der Waals surface area contributed by atoms with Crippen molar-refractivity contribution < 1.29 is 4.79 Å². The number of nitrogens with one attached hydrogen (secondary N) is 1. The molecule has 4 heteroatoms. The van der Waals surface area contributed by atoms with Gasteiger partial charge in [-0.25, -0.2) is 0 Å². The van der Waals surface area contributed by atoms with Gasteiger partial charge in [-0.05, 0) is 44.9 Å². The Morgan fingerprint density at radius 1 is 1.39 bits per heavy atom. The topological polar surface area (TPSA) is 32.3 Å². The molecule has 1 aromatic carbocycles. The van der Waals surface area contributed by atoms with E-state index in [1.165, 1.54) is 0 Å². The molecule has 0 atom stereocenters. The average molecular weight is 267 g/mol. The van der Waals surface area contributed by atoms with Crippen LogP contribution in [0.25, 0.3) is 0 Å². The SMILES string of the molecule is CCN(CC)c1ccc(C(=O)NC2CC2)cc1Cl. The molecule has 0 saturated heterocycles. The highest BCUT2D eigenvalue weighted by Crippen LogP contribution is 2.27. The third-order valence-electron chi connectivity index (χ3n) is 3.23. The second kappa shape index (κ2) is 5.61. The molecule has 0 spiro atoms. The number of nitrogens with zero attached hydrogens (tertiary/aromatic N) is 1. The minimum absolute atomic E-state index is 0.0227. The van der Waals surface area contributed by atoms with Crippen LogP contribution >= 0.6 is 11.6 Å². The van der Waals surface area contributed by atoms with Crippen LogP contribution in [0.2, 0.25) is 5.02 Å². The zero-order chi connectivity index (χ0) is 13.1. The van der Waals surface area contributed by atoms with Crippen LogP contribution in [0.1, 0.15) is 37.0 Å². The first kappa shape index (κ1) is 13.2. The van der Waals surface area contributed by atoms with Gasteiger partial charge in [-0.1, -0.05) is 11.6 Å². The van der Waals surface area contributed by atoms with Crippen molar-refractivity contribution in [3.05, 3.63) is 28.8 Å². The molecule has 0 bridgehead atoms. The highest BCUT2D eigenvalue weighted by molar-refractivity contribution is 6.33. The molecular formula is C14H19ClN2O. The van der Waals surface area contributed by atoms with E-state index in [4.69, 9.17) is 11.6 Å². The van der Waals surface area contributed by atoms with E-state index < -0.39 is 0 Å². The molecule has 0 unspecified atom stereocenters. The highest BCUT2D eigenvalue weighted by atomic mass is 35.5. The third-order valence-corrected chi connectivity index (χ3v) is 3.53. The predicted octanol–water partition coefficient (Wildman–Crippen LogP) is 3.08. The summed E-state index contributed by atoms with van der Waals surface area (Å²) in [6, 6.07) is 5.90. The summed E-state index contributed by atoms with van der Waals surface area (Å²) in [5.41, 5.74) is 1.63. The molecule has 3 nitrogen and oxygen atoms in total. The molecule has 1 aromatic rings. The van der Waals surface area contributed by atoms with Crippen LogP contribution in [0.15, 0.2) is 18.2 Å². The second-order valence-corrected chi connectivity index (χ2v) is 4.99. The van der Waals surface area contributed by atoms with Gasteiger partial charge in [0.1, 0.15) is 0 Å². The zero-order valence-corrected chi connectivity index (χ0v) is 11.6. The Kier molecular flexibility index (Phi) is 4.12. The van der Waals surface area contributed by atoms with E-state index >= 15 is 0 Å². The van der Waals surface area contributed by atoms with E-state index in [2.05, 4.69) is 24.1 Å². The first-order valence-corrected chi connectivity index (χ1v) is 6.88. The summed E-state index contributed by atoms with van der Waals surface area (Å²) in [5.74, 6) is -0.0227. The maximum absolute atomic E-state index is 11.9. The van der Waals surface area contributed by atoms with E-state index in [9.17, 15) is 4.79 Å². The van der Waals surface area contributed by atoms with Gasteiger partial charge in [-0.15, -0.1) is 0 Å². The molecule has 1 fully saturated rings. The first-order chi connectivity index (χ1) is 8.65. The Balaban J connectivity index is 2.15. The van der Waals surface area contributed by atoms with Crippen molar-refractivity contribution in [3.63, 3.8) is 0 Å². The Morgan fingerprint density at radius 2 is 2.06 bits per heavy atom. The van der Waals surface area contributed by atoms with Crippen molar-refractivity contribution in [3.8, 4) is 0 Å². The normalized spacial score (nSPS) is 14.4. The van der Waals surface area contributed by atoms with Gasteiger partial charge in [0.2, 0.25) is 0 Å². The lowest BCUT2D eigenvalue weighted by Gasteiger charge is -2.22. The maximum Gasteiger partial charge on any atom is 0.251 e. The molecule has 1 aliphatic rings. The van der Waals surface area contributed by atoms with Gasteiger partial charge in [-0.2, -0.15) is 0 Å². The van der Waals surface area contributed by atoms with E-state index in [0.29, 0.717) is 16.6 Å². The molecule has 1 aliphatic carbocycles. The summed E-state index contributed by atoms with van der Waals surface area (Å²) >= 11 is 6.26. The van der Waals surface area contributed by atoms with Crippen molar-refractivity contribution >= 4 is 23.2 Å². The van der Waals surface area contributed by atoms with Crippen LogP contribution in [0.5, 0.6) is 0 Å². The Bertz CT molecular complexity index is 439. The lowest BCUT2D eigenvalue weighted by Crippen LogP contribution is -2.26. The number of carbonyl (C=O) groups excluding carboxylic acids is 1. The second-order valence-electron chi connectivity index (χ2n) is 4.59. The monoisotopic (exact) mass is 266 g/mol. The minimum atomic E-state index is -0.0227. The van der Waals surface area contributed by atoms with Gasteiger partial charge < -0.3 is 10.2 Å². The van der Waals surface area contributed by atoms with Crippen molar-refractivity contribution in [1.82, 2.24) is 5.32 Å². The van der Waals surface area contributed by atoms with Crippen LogP contribution in [0.3, 0.4) is 0 Å². The number of carbonyl (C=O) groups is 1. The van der Waals surface area contributed by atoms with Crippen molar-refractivity contribution in [1.29, 1.82) is 0 Å². The van der Waals surface area contributed by atoms with Crippen LogP contribution in [-0.4, -0.2) is 25.0 Å². The molecule has 18 heavy (non-hydrogen) atoms. The van der Waals surface area contributed by atoms with Crippen LogP contribution < -0.4 is 10.2 Å². The molecule has 0 radical (unpaired) electrons. The zero-order valence-electron chi connectivity index (χ0n) is 10.9. The summed E-state index contributed by atoms with van der Waals surface area (Å²) < 4.78 is 0.